The number of phenols is 1. The number of hydrogen-bond donors (Lipinski definition) is 4. The van der Waals surface area contributed by atoms with Crippen molar-refractivity contribution in [3.63, 3.8) is 0 Å². The number of alkyl halides is 3. The number of aromatic hydroxyl groups is 1. The number of carbonyl (C=O) groups is 1. The number of thiocarbonyl (C=S) groups is 1. The highest BCUT2D eigenvalue weighted by Crippen LogP contribution is 2.29. The first-order valence-corrected chi connectivity index (χ1v) is 9.19. The molecule has 0 bridgehead atoms. The first kappa shape index (κ1) is 21.4. The van der Waals surface area contributed by atoms with Gasteiger partial charge in [-0.2, -0.15) is 0 Å². The van der Waals surface area contributed by atoms with E-state index in [0.717, 1.165) is 0 Å². The van der Waals surface area contributed by atoms with Crippen molar-refractivity contribution in [1.82, 2.24) is 10.6 Å². The standard InChI is InChI=1S/C17H16Cl3N3O3S/c18-17(19,20)15(22-14(25)10-26-11-6-2-1-3-7-11)23-16(27)21-12-8-4-5-9-13(12)24/h1-9,15,24H,10H2,(H,22,25)(H2,21,23,27)/t15-/m0/s1. The minimum absolute atomic E-state index is 0.00706. The van der Waals surface area contributed by atoms with E-state index >= 15 is 0 Å². The van der Waals surface area contributed by atoms with Crippen molar-refractivity contribution >= 4 is 63.7 Å². The molecule has 0 radical (unpaired) electrons. The van der Waals surface area contributed by atoms with E-state index in [0.29, 0.717) is 11.4 Å². The van der Waals surface area contributed by atoms with Crippen molar-refractivity contribution in [3.05, 3.63) is 54.6 Å². The summed E-state index contributed by atoms with van der Waals surface area (Å²) in [5.74, 6) is 0.00296. The lowest BCUT2D eigenvalue weighted by Crippen LogP contribution is -2.56. The van der Waals surface area contributed by atoms with Crippen LogP contribution in [0.5, 0.6) is 11.5 Å². The van der Waals surface area contributed by atoms with Gasteiger partial charge in [-0.25, -0.2) is 0 Å². The highest BCUT2D eigenvalue weighted by molar-refractivity contribution is 7.80. The Kier molecular flexibility index (Phi) is 7.79. The van der Waals surface area contributed by atoms with Crippen LogP contribution in [0.2, 0.25) is 0 Å². The van der Waals surface area contributed by atoms with Crippen molar-refractivity contribution in [2.45, 2.75) is 9.96 Å². The summed E-state index contributed by atoms with van der Waals surface area (Å²) in [4.78, 5) is 12.1. The summed E-state index contributed by atoms with van der Waals surface area (Å²) in [6.07, 6.45) is -1.14. The molecule has 1 amide bonds. The van der Waals surface area contributed by atoms with Gasteiger partial charge >= 0.3 is 0 Å². The van der Waals surface area contributed by atoms with Crippen molar-refractivity contribution in [2.24, 2.45) is 0 Å². The van der Waals surface area contributed by atoms with Crippen LogP contribution in [0.15, 0.2) is 54.6 Å². The lowest BCUT2D eigenvalue weighted by atomic mass is 10.3. The van der Waals surface area contributed by atoms with Gasteiger partial charge in [0.05, 0.1) is 5.69 Å². The largest absolute Gasteiger partial charge is 0.506 e. The Labute approximate surface area is 176 Å². The number of para-hydroxylation sites is 3. The number of benzene rings is 2. The molecule has 0 fully saturated rings. The van der Waals surface area contributed by atoms with E-state index in [1.54, 1.807) is 42.5 Å². The molecule has 0 aliphatic heterocycles. The van der Waals surface area contributed by atoms with E-state index in [1.807, 2.05) is 6.07 Å². The van der Waals surface area contributed by atoms with Crippen LogP contribution in [0.1, 0.15) is 0 Å². The van der Waals surface area contributed by atoms with E-state index < -0.39 is 15.9 Å². The number of amides is 1. The summed E-state index contributed by atoms with van der Waals surface area (Å²) < 4.78 is 3.45. The third-order valence-electron chi connectivity index (χ3n) is 3.17. The Morgan fingerprint density at radius 3 is 2.33 bits per heavy atom. The maximum absolute atomic E-state index is 12.1. The molecule has 0 aromatic heterocycles. The molecule has 27 heavy (non-hydrogen) atoms. The topological polar surface area (TPSA) is 82.6 Å². The SMILES string of the molecule is O=C(COc1ccccc1)N[C@@H](NC(=S)Nc1ccccc1O)C(Cl)(Cl)Cl. The summed E-state index contributed by atoms with van der Waals surface area (Å²) in [6, 6.07) is 15.3. The molecule has 0 spiro atoms. The second-order valence-electron chi connectivity index (χ2n) is 5.26. The minimum atomic E-state index is -1.90. The molecule has 2 rings (SSSR count). The van der Waals surface area contributed by atoms with Gasteiger partial charge in [0.15, 0.2) is 11.7 Å². The number of phenolic OH excluding ortho intramolecular Hbond substituents is 1. The second-order valence-corrected chi connectivity index (χ2v) is 8.04. The fourth-order valence-corrected chi connectivity index (χ4v) is 2.49. The highest BCUT2D eigenvalue weighted by Gasteiger charge is 2.34. The Bertz CT molecular complexity index is 788. The van der Waals surface area contributed by atoms with Gasteiger partial charge in [-0.05, 0) is 36.5 Å². The smallest absolute Gasteiger partial charge is 0.259 e. The van der Waals surface area contributed by atoms with Crippen LogP contribution in [0, 0.1) is 0 Å². The van der Waals surface area contributed by atoms with Crippen LogP contribution in [0.4, 0.5) is 5.69 Å². The van der Waals surface area contributed by atoms with Gasteiger partial charge in [0, 0.05) is 0 Å². The molecule has 1 atom stereocenters. The normalized spacial score (nSPS) is 12.0. The van der Waals surface area contributed by atoms with Gasteiger partial charge in [0.1, 0.15) is 17.7 Å². The van der Waals surface area contributed by atoms with Crippen LogP contribution >= 0.6 is 47.0 Å². The number of nitrogens with one attached hydrogen (secondary N) is 3. The molecular formula is C17H16Cl3N3O3S. The number of ether oxygens (including phenoxy) is 1. The quantitative estimate of drug-likeness (QED) is 0.234. The van der Waals surface area contributed by atoms with Crippen molar-refractivity contribution in [2.75, 3.05) is 11.9 Å². The summed E-state index contributed by atoms with van der Waals surface area (Å²) in [5, 5.41) is 17.7. The average Bonchev–Trinajstić information content (AvgIpc) is 2.61. The van der Waals surface area contributed by atoms with Crippen LogP contribution in [-0.4, -0.2) is 32.7 Å². The fraction of sp³-hybridized carbons (Fsp3) is 0.176. The number of anilines is 1. The van der Waals surface area contributed by atoms with E-state index in [2.05, 4.69) is 16.0 Å². The summed E-state index contributed by atoms with van der Waals surface area (Å²) in [6.45, 7) is -0.275. The monoisotopic (exact) mass is 447 g/mol. The maximum Gasteiger partial charge on any atom is 0.259 e. The molecule has 144 valence electrons. The number of hydrogen-bond acceptors (Lipinski definition) is 4. The Morgan fingerprint density at radius 2 is 1.70 bits per heavy atom. The Hall–Kier alpha value is -1.93. The van der Waals surface area contributed by atoms with E-state index in [1.165, 1.54) is 6.07 Å². The average molecular weight is 449 g/mol. The Morgan fingerprint density at radius 1 is 1.07 bits per heavy atom. The zero-order chi connectivity index (χ0) is 19.9. The summed E-state index contributed by atoms with van der Waals surface area (Å²) in [5.41, 5.74) is 0.358. The first-order valence-electron chi connectivity index (χ1n) is 7.65. The number of carbonyl (C=O) groups excluding carboxylic acids is 1. The van der Waals surface area contributed by atoms with Crippen LogP contribution in [-0.2, 0) is 4.79 Å². The molecule has 0 aliphatic rings. The van der Waals surface area contributed by atoms with E-state index in [-0.39, 0.29) is 17.5 Å². The molecule has 0 aliphatic carbocycles. The zero-order valence-electron chi connectivity index (χ0n) is 13.8. The van der Waals surface area contributed by atoms with Crippen molar-refractivity contribution in [3.8, 4) is 11.5 Å². The predicted octanol–water partition coefficient (Wildman–Crippen LogP) is 3.57. The molecule has 0 unspecified atom stereocenters. The van der Waals surface area contributed by atoms with Crippen molar-refractivity contribution < 1.29 is 14.6 Å². The van der Waals surface area contributed by atoms with Gasteiger partial charge in [0.2, 0.25) is 3.79 Å². The summed E-state index contributed by atoms with van der Waals surface area (Å²) >= 11 is 22.9. The fourth-order valence-electron chi connectivity index (χ4n) is 1.94. The number of rotatable bonds is 6. The van der Waals surface area contributed by atoms with Gasteiger partial charge in [-0.3, -0.25) is 4.79 Å². The maximum atomic E-state index is 12.1. The molecule has 0 saturated carbocycles. The lowest BCUT2D eigenvalue weighted by molar-refractivity contribution is -0.123. The first-order chi connectivity index (χ1) is 12.8. The van der Waals surface area contributed by atoms with Crippen LogP contribution in [0.3, 0.4) is 0 Å². The third kappa shape index (κ3) is 7.30. The predicted molar refractivity (Wildman–Crippen MR) is 112 cm³/mol. The zero-order valence-corrected chi connectivity index (χ0v) is 16.9. The molecule has 6 nitrogen and oxygen atoms in total. The van der Waals surface area contributed by atoms with Crippen LogP contribution < -0.4 is 20.7 Å². The summed E-state index contributed by atoms with van der Waals surface area (Å²) in [7, 11) is 0. The Balaban J connectivity index is 1.93. The van der Waals surface area contributed by atoms with E-state index in [4.69, 9.17) is 51.8 Å². The third-order valence-corrected chi connectivity index (χ3v) is 4.05. The lowest BCUT2D eigenvalue weighted by Gasteiger charge is -2.27. The van der Waals surface area contributed by atoms with Gasteiger partial charge in [-0.1, -0.05) is 65.1 Å². The number of halogens is 3. The highest BCUT2D eigenvalue weighted by atomic mass is 35.6. The second kappa shape index (κ2) is 9.85. The van der Waals surface area contributed by atoms with Gasteiger partial charge in [0.25, 0.3) is 5.91 Å². The molecule has 4 N–H and O–H groups in total. The molecular weight excluding hydrogens is 433 g/mol. The molecule has 2 aromatic rings. The molecule has 0 saturated heterocycles. The molecule has 10 heteroatoms. The minimum Gasteiger partial charge on any atom is -0.506 e. The molecule has 2 aromatic carbocycles. The van der Waals surface area contributed by atoms with Gasteiger partial charge < -0.3 is 25.8 Å². The van der Waals surface area contributed by atoms with Gasteiger partial charge in [-0.15, -0.1) is 0 Å². The molecule has 0 heterocycles. The van der Waals surface area contributed by atoms with E-state index in [9.17, 15) is 9.90 Å². The van der Waals surface area contributed by atoms with Crippen molar-refractivity contribution in [1.29, 1.82) is 0 Å². The van der Waals surface area contributed by atoms with Crippen LogP contribution in [0.25, 0.3) is 0 Å².